The molecule has 0 saturated heterocycles. The third-order valence-electron chi connectivity index (χ3n) is 2.00. The highest BCUT2D eigenvalue weighted by molar-refractivity contribution is 5.93. The second-order valence-electron chi connectivity index (χ2n) is 3.06. The van der Waals surface area contributed by atoms with Crippen molar-refractivity contribution < 1.29 is 14.4 Å². The first-order valence-electron chi connectivity index (χ1n) is 4.58. The minimum atomic E-state index is -0.998. The lowest BCUT2D eigenvalue weighted by atomic mass is 10.2. The zero-order valence-corrected chi connectivity index (χ0v) is 8.25. The fraction of sp³-hybridized carbons (Fsp3) is 0.100. The molecule has 0 unspecified atom stereocenters. The summed E-state index contributed by atoms with van der Waals surface area (Å²) in [4.78, 5) is 14.7. The standard InChI is InChI=1S/C10H9N3O3/c14-10(15)8-2-3-11-6-9(8)12-5-7-1-4-13-16-7/h1-4,6,12H,5H2,(H,14,15). The van der Waals surface area contributed by atoms with Gasteiger partial charge in [-0.05, 0) is 6.07 Å². The van der Waals surface area contributed by atoms with Crippen LogP contribution in [0.4, 0.5) is 5.69 Å². The van der Waals surface area contributed by atoms with Crippen LogP contribution in [0.5, 0.6) is 0 Å². The Balaban J connectivity index is 2.12. The van der Waals surface area contributed by atoms with Gasteiger partial charge in [-0.3, -0.25) is 4.98 Å². The third kappa shape index (κ3) is 2.17. The minimum absolute atomic E-state index is 0.175. The summed E-state index contributed by atoms with van der Waals surface area (Å²) in [6.07, 6.45) is 4.42. The van der Waals surface area contributed by atoms with Crippen LogP contribution in [-0.2, 0) is 6.54 Å². The first-order valence-corrected chi connectivity index (χ1v) is 4.58. The lowest BCUT2D eigenvalue weighted by molar-refractivity contribution is 0.0697. The Labute approximate surface area is 90.9 Å². The first kappa shape index (κ1) is 10.2. The van der Waals surface area contributed by atoms with E-state index in [0.717, 1.165) is 0 Å². The van der Waals surface area contributed by atoms with Gasteiger partial charge in [0, 0.05) is 12.3 Å². The summed E-state index contributed by atoms with van der Waals surface area (Å²) in [7, 11) is 0. The van der Waals surface area contributed by atoms with E-state index in [1.165, 1.54) is 24.7 Å². The van der Waals surface area contributed by atoms with Crippen molar-refractivity contribution in [2.45, 2.75) is 6.54 Å². The van der Waals surface area contributed by atoms with Gasteiger partial charge in [0.15, 0.2) is 5.76 Å². The summed E-state index contributed by atoms with van der Waals surface area (Å²) < 4.78 is 4.88. The van der Waals surface area contributed by atoms with Gasteiger partial charge in [-0.25, -0.2) is 4.79 Å². The Kier molecular flexibility index (Phi) is 2.81. The maximum Gasteiger partial charge on any atom is 0.337 e. The lowest BCUT2D eigenvalue weighted by Crippen LogP contribution is -2.06. The summed E-state index contributed by atoms with van der Waals surface area (Å²) in [5.41, 5.74) is 0.626. The van der Waals surface area contributed by atoms with E-state index >= 15 is 0 Å². The molecule has 0 amide bonds. The number of pyridine rings is 1. The van der Waals surface area contributed by atoms with E-state index in [1.54, 1.807) is 6.07 Å². The van der Waals surface area contributed by atoms with Gasteiger partial charge in [-0.15, -0.1) is 0 Å². The summed E-state index contributed by atoms with van der Waals surface area (Å²) in [6, 6.07) is 3.13. The zero-order valence-electron chi connectivity index (χ0n) is 8.25. The van der Waals surface area contributed by atoms with E-state index in [-0.39, 0.29) is 5.56 Å². The van der Waals surface area contributed by atoms with Crippen molar-refractivity contribution in [2.75, 3.05) is 5.32 Å². The second-order valence-corrected chi connectivity index (χ2v) is 3.06. The average molecular weight is 219 g/mol. The van der Waals surface area contributed by atoms with Crippen molar-refractivity contribution in [1.29, 1.82) is 0 Å². The molecule has 2 N–H and O–H groups in total. The van der Waals surface area contributed by atoms with Crippen molar-refractivity contribution in [2.24, 2.45) is 0 Å². The minimum Gasteiger partial charge on any atom is -0.478 e. The van der Waals surface area contributed by atoms with Gasteiger partial charge in [0.05, 0.1) is 30.2 Å². The SMILES string of the molecule is O=C(O)c1ccncc1NCc1ccno1. The van der Waals surface area contributed by atoms with Crippen LogP contribution in [0.3, 0.4) is 0 Å². The van der Waals surface area contributed by atoms with E-state index in [4.69, 9.17) is 9.63 Å². The van der Waals surface area contributed by atoms with Crippen LogP contribution >= 0.6 is 0 Å². The summed E-state index contributed by atoms with van der Waals surface area (Å²) in [6.45, 7) is 0.367. The molecular formula is C10H9N3O3. The highest BCUT2D eigenvalue weighted by atomic mass is 16.5. The van der Waals surface area contributed by atoms with Crippen molar-refractivity contribution in [3.63, 3.8) is 0 Å². The molecule has 0 aromatic carbocycles. The highest BCUT2D eigenvalue weighted by Crippen LogP contribution is 2.14. The molecule has 6 nitrogen and oxygen atoms in total. The Bertz CT molecular complexity index is 482. The molecule has 2 rings (SSSR count). The summed E-state index contributed by atoms with van der Waals surface area (Å²) in [5.74, 6) is -0.373. The lowest BCUT2D eigenvalue weighted by Gasteiger charge is -2.06. The number of anilines is 1. The molecule has 0 fully saturated rings. The molecule has 0 saturated carbocycles. The van der Waals surface area contributed by atoms with Crippen LogP contribution < -0.4 is 5.32 Å². The number of aromatic carboxylic acids is 1. The monoisotopic (exact) mass is 219 g/mol. The Hall–Kier alpha value is -2.37. The molecule has 0 aliphatic rings. The van der Waals surface area contributed by atoms with Gasteiger partial charge in [-0.1, -0.05) is 5.16 Å². The van der Waals surface area contributed by atoms with Crippen LogP contribution in [0, 0.1) is 0 Å². The predicted molar refractivity (Wildman–Crippen MR) is 55.0 cm³/mol. The third-order valence-corrected chi connectivity index (χ3v) is 2.00. The van der Waals surface area contributed by atoms with Crippen molar-refractivity contribution in [1.82, 2.24) is 10.1 Å². The van der Waals surface area contributed by atoms with Crippen molar-refractivity contribution in [3.8, 4) is 0 Å². The molecule has 82 valence electrons. The number of hydrogen-bond acceptors (Lipinski definition) is 5. The molecule has 0 atom stereocenters. The van der Waals surface area contributed by atoms with E-state index in [0.29, 0.717) is 18.0 Å². The Morgan fingerprint density at radius 1 is 1.44 bits per heavy atom. The molecule has 0 aliphatic heterocycles. The number of carboxylic acid groups (broad SMARTS) is 1. The molecule has 0 spiro atoms. The largest absolute Gasteiger partial charge is 0.478 e. The van der Waals surface area contributed by atoms with Crippen LogP contribution in [0.25, 0.3) is 0 Å². The fourth-order valence-electron chi connectivity index (χ4n) is 1.24. The number of hydrogen-bond donors (Lipinski definition) is 2. The van der Waals surface area contributed by atoms with Gasteiger partial charge in [0.2, 0.25) is 0 Å². The fourth-order valence-corrected chi connectivity index (χ4v) is 1.24. The smallest absolute Gasteiger partial charge is 0.337 e. The summed E-state index contributed by atoms with van der Waals surface area (Å²) in [5, 5.41) is 15.4. The Morgan fingerprint density at radius 3 is 3.00 bits per heavy atom. The Morgan fingerprint density at radius 2 is 2.31 bits per heavy atom. The summed E-state index contributed by atoms with van der Waals surface area (Å²) >= 11 is 0. The molecule has 0 bridgehead atoms. The van der Waals surface area contributed by atoms with Crippen LogP contribution in [0.2, 0.25) is 0 Å². The highest BCUT2D eigenvalue weighted by Gasteiger charge is 2.09. The number of aromatic nitrogens is 2. The first-order chi connectivity index (χ1) is 7.77. The van der Waals surface area contributed by atoms with Crippen molar-refractivity contribution in [3.05, 3.63) is 42.0 Å². The number of nitrogens with zero attached hydrogens (tertiary/aromatic N) is 2. The molecular weight excluding hydrogens is 210 g/mol. The quantitative estimate of drug-likeness (QED) is 0.807. The van der Waals surface area contributed by atoms with Gasteiger partial charge >= 0.3 is 5.97 Å². The molecule has 2 heterocycles. The van der Waals surface area contributed by atoms with Crippen LogP contribution in [0.1, 0.15) is 16.1 Å². The van der Waals surface area contributed by atoms with Crippen LogP contribution in [0.15, 0.2) is 35.2 Å². The second kappa shape index (κ2) is 4.43. The van der Waals surface area contributed by atoms with E-state index in [2.05, 4.69) is 15.5 Å². The maximum atomic E-state index is 10.9. The van der Waals surface area contributed by atoms with Crippen LogP contribution in [-0.4, -0.2) is 21.2 Å². The molecule has 16 heavy (non-hydrogen) atoms. The molecule has 0 radical (unpaired) electrons. The van der Waals surface area contributed by atoms with E-state index < -0.39 is 5.97 Å². The number of rotatable bonds is 4. The van der Waals surface area contributed by atoms with Gasteiger partial charge < -0.3 is 14.9 Å². The topological polar surface area (TPSA) is 88.2 Å². The normalized spacial score (nSPS) is 10.0. The predicted octanol–water partition coefficient (Wildman–Crippen LogP) is 1.38. The van der Waals surface area contributed by atoms with Gasteiger partial charge in [0.1, 0.15) is 0 Å². The molecule has 6 heteroatoms. The van der Waals surface area contributed by atoms with Gasteiger partial charge in [-0.2, -0.15) is 0 Å². The van der Waals surface area contributed by atoms with E-state index in [9.17, 15) is 4.79 Å². The number of nitrogens with one attached hydrogen (secondary N) is 1. The molecule has 2 aromatic rings. The van der Waals surface area contributed by atoms with Gasteiger partial charge in [0.25, 0.3) is 0 Å². The zero-order chi connectivity index (χ0) is 11.4. The maximum absolute atomic E-state index is 10.9. The molecule has 0 aliphatic carbocycles. The average Bonchev–Trinajstić information content (AvgIpc) is 2.79. The molecule has 2 aromatic heterocycles. The van der Waals surface area contributed by atoms with E-state index in [1.807, 2.05) is 0 Å². The number of carbonyl (C=O) groups is 1. The van der Waals surface area contributed by atoms with Crippen molar-refractivity contribution >= 4 is 11.7 Å². The number of carboxylic acids is 1.